The van der Waals surface area contributed by atoms with Crippen molar-refractivity contribution in [2.24, 2.45) is 0 Å². The van der Waals surface area contributed by atoms with Crippen LogP contribution >= 0.6 is 22.7 Å². The molecule has 0 bridgehead atoms. The van der Waals surface area contributed by atoms with Crippen molar-refractivity contribution >= 4 is 44.4 Å². The summed E-state index contributed by atoms with van der Waals surface area (Å²) >= 11 is 3.21. The zero-order chi connectivity index (χ0) is 23.1. The number of hydrogen-bond donors (Lipinski definition) is 1. The summed E-state index contributed by atoms with van der Waals surface area (Å²) in [6, 6.07) is 22.3. The molecule has 34 heavy (non-hydrogen) atoms. The minimum absolute atomic E-state index is 0.0236. The first kappa shape index (κ1) is 21.3. The standard InChI is InChI=1S/C29H24N2OS2/c30-26-25-23-11-5-4-10-22(23)24(17-21-9-6-16-33-21)31-29(25)34-28(26)27(32)20-14-12-19(13-15-20)18-7-2-1-3-8-18/h1-3,6-9,12-16H,4-5,10-11,17,30H2. The second-order valence-electron chi connectivity index (χ2n) is 8.78. The second-order valence-corrected chi connectivity index (χ2v) is 10.8. The van der Waals surface area contributed by atoms with Crippen LogP contribution in [0.25, 0.3) is 21.3 Å². The molecule has 0 fully saturated rings. The highest BCUT2D eigenvalue weighted by molar-refractivity contribution is 7.21. The quantitative estimate of drug-likeness (QED) is 0.268. The Bertz CT molecular complexity index is 1480. The first-order valence-electron chi connectivity index (χ1n) is 11.6. The fourth-order valence-corrected chi connectivity index (χ4v) is 6.78. The molecule has 5 heteroatoms. The van der Waals surface area contributed by atoms with Crippen molar-refractivity contribution in [3.63, 3.8) is 0 Å². The lowest BCUT2D eigenvalue weighted by Crippen LogP contribution is -2.10. The van der Waals surface area contributed by atoms with Crippen molar-refractivity contribution in [1.82, 2.24) is 4.98 Å². The van der Waals surface area contributed by atoms with Gasteiger partial charge in [-0.3, -0.25) is 4.79 Å². The highest BCUT2D eigenvalue weighted by Gasteiger charge is 2.25. The van der Waals surface area contributed by atoms with Crippen LogP contribution in [0.15, 0.2) is 72.1 Å². The third kappa shape index (κ3) is 3.75. The van der Waals surface area contributed by atoms with Crippen LogP contribution in [0.5, 0.6) is 0 Å². The number of ketones is 1. The molecule has 168 valence electrons. The van der Waals surface area contributed by atoms with Gasteiger partial charge < -0.3 is 5.73 Å². The number of aryl methyl sites for hydroxylation is 1. The first-order valence-corrected chi connectivity index (χ1v) is 13.3. The van der Waals surface area contributed by atoms with E-state index in [0.29, 0.717) is 16.1 Å². The lowest BCUT2D eigenvalue weighted by Gasteiger charge is -2.20. The summed E-state index contributed by atoms with van der Waals surface area (Å²) < 4.78 is 0. The largest absolute Gasteiger partial charge is 0.397 e. The van der Waals surface area contributed by atoms with E-state index < -0.39 is 0 Å². The van der Waals surface area contributed by atoms with Gasteiger partial charge in [-0.2, -0.15) is 0 Å². The molecule has 0 unspecified atom stereocenters. The third-order valence-corrected chi connectivity index (χ3v) is 8.64. The van der Waals surface area contributed by atoms with Gasteiger partial charge in [0.05, 0.1) is 11.4 Å². The van der Waals surface area contributed by atoms with Gasteiger partial charge in [0.2, 0.25) is 5.78 Å². The molecule has 0 saturated carbocycles. The van der Waals surface area contributed by atoms with Crippen LogP contribution < -0.4 is 5.73 Å². The second kappa shape index (κ2) is 8.82. The Labute approximate surface area is 206 Å². The van der Waals surface area contributed by atoms with E-state index in [9.17, 15) is 4.79 Å². The summed E-state index contributed by atoms with van der Waals surface area (Å²) in [6.07, 6.45) is 5.23. The van der Waals surface area contributed by atoms with Gasteiger partial charge in [0.15, 0.2) is 0 Å². The van der Waals surface area contributed by atoms with Crippen molar-refractivity contribution < 1.29 is 4.79 Å². The number of aromatic nitrogens is 1. The predicted molar refractivity (Wildman–Crippen MR) is 143 cm³/mol. The first-order chi connectivity index (χ1) is 16.7. The molecule has 0 saturated heterocycles. The molecule has 2 aromatic carbocycles. The van der Waals surface area contributed by atoms with Gasteiger partial charge in [-0.1, -0.05) is 60.7 Å². The van der Waals surface area contributed by atoms with Crippen molar-refractivity contribution in [3.8, 4) is 11.1 Å². The minimum Gasteiger partial charge on any atom is -0.397 e. The lowest BCUT2D eigenvalue weighted by atomic mass is 9.87. The number of fused-ring (bicyclic) bond motifs is 3. The fraction of sp³-hybridized carbons (Fsp3) is 0.172. The molecule has 2 N–H and O–H groups in total. The molecular weight excluding hydrogens is 456 g/mol. The molecule has 0 amide bonds. The predicted octanol–water partition coefficient (Wildman–Crippen LogP) is 7.31. The SMILES string of the molecule is Nc1c(C(=O)c2ccc(-c3ccccc3)cc2)sc2nc(Cc3cccs3)c3c(c12)CCCC3. The molecule has 0 spiro atoms. The average Bonchev–Trinajstić information content (AvgIpc) is 3.52. The fourth-order valence-electron chi connectivity index (χ4n) is 4.96. The Morgan fingerprint density at radius 3 is 2.35 bits per heavy atom. The summed E-state index contributed by atoms with van der Waals surface area (Å²) in [6.45, 7) is 0. The van der Waals surface area contributed by atoms with Crippen LogP contribution in [-0.2, 0) is 19.3 Å². The van der Waals surface area contributed by atoms with Crippen molar-refractivity contribution in [1.29, 1.82) is 0 Å². The summed E-state index contributed by atoms with van der Waals surface area (Å²) in [5.41, 5.74) is 14.0. The highest BCUT2D eigenvalue weighted by atomic mass is 32.1. The number of anilines is 1. The number of rotatable bonds is 5. The van der Waals surface area contributed by atoms with Gasteiger partial charge in [-0.05, 0) is 59.4 Å². The van der Waals surface area contributed by atoms with Crippen molar-refractivity contribution in [2.75, 3.05) is 5.73 Å². The number of nitrogens with two attached hydrogens (primary N) is 1. The van der Waals surface area contributed by atoms with Gasteiger partial charge in [0, 0.05) is 22.2 Å². The molecule has 1 aliphatic carbocycles. The number of pyridine rings is 1. The molecule has 0 radical (unpaired) electrons. The van der Waals surface area contributed by atoms with Gasteiger partial charge >= 0.3 is 0 Å². The zero-order valence-electron chi connectivity index (χ0n) is 18.7. The lowest BCUT2D eigenvalue weighted by molar-refractivity contribution is 0.104. The maximum atomic E-state index is 13.5. The smallest absolute Gasteiger partial charge is 0.205 e. The number of carbonyl (C=O) groups is 1. The molecule has 3 aromatic heterocycles. The molecule has 6 rings (SSSR count). The van der Waals surface area contributed by atoms with Gasteiger partial charge in [-0.15, -0.1) is 22.7 Å². The van der Waals surface area contributed by atoms with E-state index >= 15 is 0 Å². The van der Waals surface area contributed by atoms with Crippen LogP contribution in [0.1, 0.15) is 49.8 Å². The highest BCUT2D eigenvalue weighted by Crippen LogP contribution is 2.41. The van der Waals surface area contributed by atoms with E-state index in [4.69, 9.17) is 10.7 Å². The number of thiophene rings is 2. The Morgan fingerprint density at radius 2 is 1.62 bits per heavy atom. The van der Waals surface area contributed by atoms with Crippen molar-refractivity contribution in [3.05, 3.63) is 104 Å². The summed E-state index contributed by atoms with van der Waals surface area (Å²) in [5.74, 6) is -0.0236. The van der Waals surface area contributed by atoms with Gasteiger partial charge in [-0.25, -0.2) is 4.98 Å². The van der Waals surface area contributed by atoms with Crippen LogP contribution in [0.2, 0.25) is 0 Å². The maximum absolute atomic E-state index is 13.5. The molecule has 5 aromatic rings. The summed E-state index contributed by atoms with van der Waals surface area (Å²) in [5, 5.41) is 3.13. The molecular formula is C29H24N2OS2. The number of hydrogen-bond acceptors (Lipinski definition) is 5. The van der Waals surface area contributed by atoms with E-state index in [1.165, 1.54) is 33.8 Å². The number of nitrogens with zero attached hydrogens (tertiary/aromatic N) is 1. The van der Waals surface area contributed by atoms with Crippen LogP contribution in [0.4, 0.5) is 5.69 Å². The van der Waals surface area contributed by atoms with E-state index in [1.807, 2.05) is 42.5 Å². The van der Waals surface area contributed by atoms with Crippen LogP contribution in [0.3, 0.4) is 0 Å². The molecule has 3 nitrogen and oxygen atoms in total. The maximum Gasteiger partial charge on any atom is 0.205 e. The number of carbonyl (C=O) groups excluding carboxylic acids is 1. The topological polar surface area (TPSA) is 56.0 Å². The van der Waals surface area contributed by atoms with E-state index in [1.54, 1.807) is 11.3 Å². The number of benzene rings is 2. The Balaban J connectivity index is 1.40. The Morgan fingerprint density at radius 1 is 0.882 bits per heavy atom. The van der Waals surface area contributed by atoms with Gasteiger partial charge in [0.25, 0.3) is 0 Å². The number of nitrogen functional groups attached to an aromatic ring is 1. The molecule has 3 heterocycles. The van der Waals surface area contributed by atoms with Crippen molar-refractivity contribution in [2.45, 2.75) is 32.1 Å². The van der Waals surface area contributed by atoms with E-state index in [-0.39, 0.29) is 5.78 Å². The Kier molecular flexibility index (Phi) is 5.52. The molecule has 0 atom stereocenters. The zero-order valence-corrected chi connectivity index (χ0v) is 20.3. The van der Waals surface area contributed by atoms with Crippen LogP contribution in [-0.4, -0.2) is 10.8 Å². The summed E-state index contributed by atoms with van der Waals surface area (Å²) in [7, 11) is 0. The monoisotopic (exact) mass is 480 g/mol. The van der Waals surface area contributed by atoms with Crippen LogP contribution in [0, 0.1) is 0 Å². The molecule has 0 aliphatic heterocycles. The van der Waals surface area contributed by atoms with Gasteiger partial charge in [0.1, 0.15) is 9.71 Å². The molecule has 1 aliphatic rings. The Hall–Kier alpha value is -3.28. The summed E-state index contributed by atoms with van der Waals surface area (Å²) in [4.78, 5) is 21.4. The van der Waals surface area contributed by atoms with E-state index in [0.717, 1.165) is 52.7 Å². The minimum atomic E-state index is -0.0236. The third-order valence-electron chi connectivity index (χ3n) is 6.66. The normalized spacial score (nSPS) is 13.2. The average molecular weight is 481 g/mol. The van der Waals surface area contributed by atoms with E-state index in [2.05, 4.69) is 29.6 Å².